The van der Waals surface area contributed by atoms with Crippen molar-refractivity contribution in [1.82, 2.24) is 15.1 Å². The molecule has 0 radical (unpaired) electrons. The summed E-state index contributed by atoms with van der Waals surface area (Å²) in [6.45, 7) is 0.821. The van der Waals surface area contributed by atoms with Crippen molar-refractivity contribution in [2.75, 3.05) is 7.11 Å². The normalized spacial score (nSPS) is 15.9. The summed E-state index contributed by atoms with van der Waals surface area (Å²) in [4.78, 5) is 0. The fraction of sp³-hybridized carbons (Fsp3) is 0.318. The maximum Gasteiger partial charge on any atom is 0.118 e. The summed E-state index contributed by atoms with van der Waals surface area (Å²) in [6, 6.07) is 19.0. The third-order valence-corrected chi connectivity index (χ3v) is 5.46. The number of nitrogens with zero attached hydrogens (tertiary/aromatic N) is 2. The molecule has 0 amide bonds. The van der Waals surface area contributed by atoms with Gasteiger partial charge in [-0.2, -0.15) is 5.10 Å². The SMILES string of the molecule is COc1ccc(C2(NCc3ccccc3-n3cccn3)CCCC2)cc1. The summed E-state index contributed by atoms with van der Waals surface area (Å²) in [5.41, 5.74) is 3.79. The van der Waals surface area contributed by atoms with E-state index in [2.05, 4.69) is 58.9 Å². The third-order valence-electron chi connectivity index (χ3n) is 5.46. The van der Waals surface area contributed by atoms with Crippen LogP contribution in [0.1, 0.15) is 36.8 Å². The lowest BCUT2D eigenvalue weighted by Gasteiger charge is -2.32. The first-order valence-corrected chi connectivity index (χ1v) is 9.28. The molecule has 2 aromatic carbocycles. The number of nitrogens with one attached hydrogen (secondary N) is 1. The van der Waals surface area contributed by atoms with Gasteiger partial charge >= 0.3 is 0 Å². The predicted octanol–water partition coefficient (Wildman–Crippen LogP) is 4.44. The van der Waals surface area contributed by atoms with E-state index in [1.165, 1.54) is 36.8 Å². The van der Waals surface area contributed by atoms with Gasteiger partial charge in [-0.25, -0.2) is 4.68 Å². The van der Waals surface area contributed by atoms with E-state index >= 15 is 0 Å². The summed E-state index contributed by atoms with van der Waals surface area (Å²) in [6.07, 6.45) is 8.68. The maximum absolute atomic E-state index is 5.32. The van der Waals surface area contributed by atoms with Gasteiger partial charge in [-0.3, -0.25) is 0 Å². The van der Waals surface area contributed by atoms with Crippen molar-refractivity contribution < 1.29 is 4.74 Å². The molecule has 3 aromatic rings. The molecule has 1 saturated carbocycles. The van der Waals surface area contributed by atoms with Crippen molar-refractivity contribution in [3.63, 3.8) is 0 Å². The molecule has 1 aromatic heterocycles. The first-order valence-electron chi connectivity index (χ1n) is 9.28. The first kappa shape index (κ1) is 16.9. The lowest BCUT2D eigenvalue weighted by Crippen LogP contribution is -2.39. The van der Waals surface area contributed by atoms with Crippen LogP contribution < -0.4 is 10.1 Å². The zero-order valence-electron chi connectivity index (χ0n) is 15.2. The molecule has 4 heteroatoms. The molecule has 1 aliphatic carbocycles. The Hall–Kier alpha value is -2.59. The topological polar surface area (TPSA) is 39.1 Å². The zero-order valence-corrected chi connectivity index (χ0v) is 15.2. The summed E-state index contributed by atoms with van der Waals surface area (Å²) in [5.74, 6) is 0.908. The molecule has 0 spiro atoms. The standard InChI is InChI=1S/C22H25N3O/c1-26-20-11-9-19(10-12-20)22(13-4-5-14-22)23-17-18-7-2-3-8-21(18)25-16-6-15-24-25/h2-3,6-12,15-16,23H,4-5,13-14,17H2,1H3. The Morgan fingerprint density at radius 3 is 2.50 bits per heavy atom. The Balaban J connectivity index is 1.59. The van der Waals surface area contributed by atoms with E-state index in [0.717, 1.165) is 18.0 Å². The Morgan fingerprint density at radius 1 is 1.04 bits per heavy atom. The molecule has 0 saturated heterocycles. The second-order valence-corrected chi connectivity index (χ2v) is 6.95. The minimum Gasteiger partial charge on any atom is -0.497 e. The number of hydrogen-bond donors (Lipinski definition) is 1. The number of benzene rings is 2. The molecule has 1 fully saturated rings. The fourth-order valence-corrected chi connectivity index (χ4v) is 4.02. The van der Waals surface area contributed by atoms with E-state index in [-0.39, 0.29) is 5.54 Å². The van der Waals surface area contributed by atoms with Crippen molar-refractivity contribution in [2.45, 2.75) is 37.8 Å². The van der Waals surface area contributed by atoms with E-state index in [1.54, 1.807) is 7.11 Å². The fourth-order valence-electron chi connectivity index (χ4n) is 4.02. The molecule has 1 aliphatic rings. The van der Waals surface area contributed by atoms with E-state index < -0.39 is 0 Å². The molecule has 0 bridgehead atoms. The summed E-state index contributed by atoms with van der Waals surface area (Å²) in [5, 5.41) is 8.28. The van der Waals surface area contributed by atoms with Crippen molar-refractivity contribution in [1.29, 1.82) is 0 Å². The van der Waals surface area contributed by atoms with Crippen molar-refractivity contribution in [2.24, 2.45) is 0 Å². The third kappa shape index (κ3) is 3.25. The monoisotopic (exact) mass is 347 g/mol. The van der Waals surface area contributed by atoms with Gasteiger partial charge in [0, 0.05) is 24.5 Å². The van der Waals surface area contributed by atoms with Gasteiger partial charge in [0.15, 0.2) is 0 Å². The van der Waals surface area contributed by atoms with Gasteiger partial charge < -0.3 is 10.1 Å². The van der Waals surface area contributed by atoms with Gasteiger partial charge in [0.2, 0.25) is 0 Å². The average molecular weight is 347 g/mol. The highest BCUT2D eigenvalue weighted by Crippen LogP contribution is 2.39. The lowest BCUT2D eigenvalue weighted by molar-refractivity contribution is 0.338. The Kier molecular flexibility index (Phi) is 4.76. The van der Waals surface area contributed by atoms with Gasteiger partial charge in [0.05, 0.1) is 12.8 Å². The number of ether oxygens (including phenoxy) is 1. The van der Waals surface area contributed by atoms with Crippen molar-refractivity contribution >= 4 is 0 Å². The van der Waals surface area contributed by atoms with Gasteiger partial charge in [0.1, 0.15) is 5.75 Å². The quantitative estimate of drug-likeness (QED) is 0.716. The molecule has 1 heterocycles. The van der Waals surface area contributed by atoms with Crippen LogP contribution in [0.5, 0.6) is 5.75 Å². The van der Waals surface area contributed by atoms with E-state index in [4.69, 9.17) is 4.74 Å². The zero-order chi connectivity index (χ0) is 17.8. The van der Waals surface area contributed by atoms with E-state index in [1.807, 2.05) is 23.1 Å². The highest BCUT2D eigenvalue weighted by Gasteiger charge is 2.35. The van der Waals surface area contributed by atoms with Gasteiger partial charge in [-0.15, -0.1) is 0 Å². The Labute approximate surface area is 154 Å². The largest absolute Gasteiger partial charge is 0.497 e. The molecule has 0 unspecified atom stereocenters. The highest BCUT2D eigenvalue weighted by atomic mass is 16.5. The van der Waals surface area contributed by atoms with Crippen LogP contribution in [0.15, 0.2) is 67.0 Å². The van der Waals surface area contributed by atoms with Crippen LogP contribution in [0.25, 0.3) is 5.69 Å². The maximum atomic E-state index is 5.32. The smallest absolute Gasteiger partial charge is 0.118 e. The number of methoxy groups -OCH3 is 1. The van der Waals surface area contributed by atoms with Gasteiger partial charge in [0.25, 0.3) is 0 Å². The second kappa shape index (κ2) is 7.34. The van der Waals surface area contributed by atoms with Crippen LogP contribution >= 0.6 is 0 Å². The van der Waals surface area contributed by atoms with Crippen LogP contribution in [-0.2, 0) is 12.1 Å². The van der Waals surface area contributed by atoms with Crippen molar-refractivity contribution in [3.8, 4) is 11.4 Å². The number of hydrogen-bond acceptors (Lipinski definition) is 3. The van der Waals surface area contributed by atoms with Crippen LogP contribution in [0.2, 0.25) is 0 Å². The molecule has 1 N–H and O–H groups in total. The minimum atomic E-state index is 0.0451. The molecule has 26 heavy (non-hydrogen) atoms. The number of para-hydroxylation sites is 1. The van der Waals surface area contributed by atoms with Gasteiger partial charge in [-0.05, 0) is 48.2 Å². The molecule has 4 nitrogen and oxygen atoms in total. The van der Waals surface area contributed by atoms with Gasteiger partial charge in [-0.1, -0.05) is 43.2 Å². The summed E-state index contributed by atoms with van der Waals surface area (Å²) in [7, 11) is 1.71. The highest BCUT2D eigenvalue weighted by molar-refractivity contribution is 5.40. The summed E-state index contributed by atoms with van der Waals surface area (Å²) >= 11 is 0. The van der Waals surface area contributed by atoms with Crippen LogP contribution in [0.3, 0.4) is 0 Å². The van der Waals surface area contributed by atoms with E-state index in [9.17, 15) is 0 Å². The van der Waals surface area contributed by atoms with Crippen molar-refractivity contribution in [3.05, 3.63) is 78.1 Å². The molecule has 134 valence electrons. The second-order valence-electron chi connectivity index (χ2n) is 6.95. The molecule has 0 aliphatic heterocycles. The Morgan fingerprint density at radius 2 is 1.81 bits per heavy atom. The average Bonchev–Trinajstić information content (AvgIpc) is 3.39. The van der Waals surface area contributed by atoms with Crippen LogP contribution in [0.4, 0.5) is 0 Å². The first-order chi connectivity index (χ1) is 12.8. The summed E-state index contributed by atoms with van der Waals surface area (Å²) < 4.78 is 7.26. The van der Waals surface area contributed by atoms with Crippen LogP contribution in [-0.4, -0.2) is 16.9 Å². The predicted molar refractivity (Wildman–Crippen MR) is 104 cm³/mol. The Bertz CT molecular complexity index is 834. The molecular formula is C22H25N3O. The molecule has 4 rings (SSSR count). The lowest BCUT2D eigenvalue weighted by atomic mass is 9.87. The minimum absolute atomic E-state index is 0.0451. The number of aromatic nitrogens is 2. The number of rotatable bonds is 6. The molecular weight excluding hydrogens is 322 g/mol. The van der Waals surface area contributed by atoms with Crippen LogP contribution in [0, 0.1) is 0 Å². The molecule has 0 atom stereocenters. The van der Waals surface area contributed by atoms with E-state index in [0.29, 0.717) is 0 Å².